The van der Waals surface area contributed by atoms with Gasteiger partial charge < -0.3 is 15.2 Å². The maximum Gasteiger partial charge on any atom is 0.416 e. The van der Waals surface area contributed by atoms with Crippen molar-refractivity contribution in [1.29, 1.82) is 0 Å². The molecule has 0 fully saturated rings. The Morgan fingerprint density at radius 1 is 1.17 bits per heavy atom. The highest BCUT2D eigenvalue weighted by atomic mass is 32.2. The average molecular weight is 627 g/mol. The Balaban J connectivity index is 1.43. The van der Waals surface area contributed by atoms with Crippen molar-refractivity contribution < 1.29 is 41.0 Å². The van der Waals surface area contributed by atoms with E-state index < -0.39 is 45.7 Å². The van der Waals surface area contributed by atoms with Crippen LogP contribution < -0.4 is 15.2 Å². The molecule has 0 saturated carbocycles. The van der Waals surface area contributed by atoms with E-state index in [0.717, 1.165) is 23.5 Å². The third kappa shape index (κ3) is 7.40. The van der Waals surface area contributed by atoms with Crippen molar-refractivity contribution >= 4 is 43.5 Å². The second kappa shape index (κ2) is 12.0. The molecular weight excluding hydrogens is 601 g/mol. The summed E-state index contributed by atoms with van der Waals surface area (Å²) in [6.07, 6.45) is -3.29. The van der Waals surface area contributed by atoms with Gasteiger partial charge in [-0.3, -0.25) is 4.79 Å². The molecule has 2 aromatic carbocycles. The van der Waals surface area contributed by atoms with Crippen molar-refractivity contribution in [2.45, 2.75) is 49.5 Å². The van der Waals surface area contributed by atoms with Gasteiger partial charge in [-0.05, 0) is 41.8 Å². The number of halogens is 3. The topological polar surface area (TPSA) is 179 Å². The molecule has 0 bridgehead atoms. The minimum atomic E-state index is -4.53. The number of benzene rings is 2. The summed E-state index contributed by atoms with van der Waals surface area (Å²) in [6.45, 7) is 3.41. The Kier molecular flexibility index (Phi) is 8.84. The molecule has 0 aliphatic heterocycles. The van der Waals surface area contributed by atoms with Crippen molar-refractivity contribution in [2.24, 2.45) is 11.1 Å². The molecule has 4 rings (SSSR count). The van der Waals surface area contributed by atoms with E-state index in [0.29, 0.717) is 27.2 Å². The minimum Gasteiger partial charge on any atom is -0.487 e. The van der Waals surface area contributed by atoms with Gasteiger partial charge in [-0.1, -0.05) is 31.2 Å². The number of nitrogens with zero attached hydrogens (tertiary/aromatic N) is 4. The SMILES string of the molecule is CC(C)[C@@H](C(=O)NC(Cc1ccc(C(F)(F)F)cc1)C(=O)O)n1cc(COc2ccc3nc(S(N)(=O)=O)sc3c2)nn1. The zero-order chi connectivity index (χ0) is 30.8. The summed E-state index contributed by atoms with van der Waals surface area (Å²) in [7, 11) is -3.94. The van der Waals surface area contributed by atoms with E-state index >= 15 is 0 Å². The monoisotopic (exact) mass is 626 g/mol. The highest BCUT2D eigenvalue weighted by molar-refractivity contribution is 7.91. The van der Waals surface area contributed by atoms with Crippen LogP contribution in [0.15, 0.2) is 53.0 Å². The zero-order valence-electron chi connectivity index (χ0n) is 22.1. The number of hydrogen-bond donors (Lipinski definition) is 3. The van der Waals surface area contributed by atoms with Crippen molar-refractivity contribution in [3.05, 3.63) is 65.5 Å². The van der Waals surface area contributed by atoms with E-state index in [9.17, 15) is 36.3 Å². The number of primary sulfonamides is 1. The fourth-order valence-electron chi connectivity index (χ4n) is 4.02. The number of carboxylic acid groups (broad SMARTS) is 1. The normalized spacial score (nSPS) is 13.7. The van der Waals surface area contributed by atoms with E-state index in [4.69, 9.17) is 9.88 Å². The van der Waals surface area contributed by atoms with Crippen LogP contribution in [-0.4, -0.2) is 51.4 Å². The van der Waals surface area contributed by atoms with Gasteiger partial charge in [0.1, 0.15) is 30.1 Å². The molecule has 4 aromatic rings. The smallest absolute Gasteiger partial charge is 0.416 e. The number of thiazole rings is 1. The van der Waals surface area contributed by atoms with E-state index in [2.05, 4.69) is 20.6 Å². The molecule has 0 aliphatic carbocycles. The van der Waals surface area contributed by atoms with E-state index in [1.54, 1.807) is 32.0 Å². The predicted molar refractivity (Wildman–Crippen MR) is 144 cm³/mol. The molecule has 2 aromatic heterocycles. The van der Waals surface area contributed by atoms with Crippen LogP contribution in [-0.2, 0) is 38.8 Å². The van der Waals surface area contributed by atoms with Gasteiger partial charge in [0.05, 0.1) is 22.0 Å². The number of amides is 1. The van der Waals surface area contributed by atoms with Gasteiger partial charge >= 0.3 is 12.1 Å². The van der Waals surface area contributed by atoms with Crippen LogP contribution in [0.4, 0.5) is 13.2 Å². The average Bonchev–Trinajstić information content (AvgIpc) is 3.53. The number of ether oxygens (including phenoxy) is 1. The molecule has 0 saturated heterocycles. The van der Waals surface area contributed by atoms with Gasteiger partial charge in [0.2, 0.25) is 10.2 Å². The van der Waals surface area contributed by atoms with Crippen LogP contribution in [0, 0.1) is 5.92 Å². The Morgan fingerprint density at radius 3 is 2.45 bits per heavy atom. The molecule has 0 radical (unpaired) electrons. The number of rotatable bonds is 11. The lowest BCUT2D eigenvalue weighted by Gasteiger charge is -2.23. The first-order valence-electron chi connectivity index (χ1n) is 12.3. The minimum absolute atomic E-state index is 0.0511. The summed E-state index contributed by atoms with van der Waals surface area (Å²) in [5.74, 6) is -1.97. The molecule has 12 nitrogen and oxygen atoms in total. The third-order valence-electron chi connectivity index (χ3n) is 6.05. The van der Waals surface area contributed by atoms with Crippen LogP contribution in [0.5, 0.6) is 5.75 Å². The first-order valence-corrected chi connectivity index (χ1v) is 14.6. The maximum absolute atomic E-state index is 13.2. The molecular formula is C25H25F3N6O6S2. The molecule has 224 valence electrons. The van der Waals surface area contributed by atoms with Crippen molar-refractivity contribution in [1.82, 2.24) is 25.3 Å². The number of hydrogen-bond acceptors (Lipinski definition) is 9. The van der Waals surface area contributed by atoms with Crippen LogP contribution in [0.1, 0.15) is 36.7 Å². The number of carboxylic acids is 1. The summed E-state index contributed by atoms with van der Waals surface area (Å²) in [4.78, 5) is 29.0. The summed E-state index contributed by atoms with van der Waals surface area (Å²) in [6, 6.07) is 6.44. The fraction of sp³-hybridized carbons (Fsp3) is 0.320. The van der Waals surface area contributed by atoms with Crippen LogP contribution in [0.2, 0.25) is 0 Å². The summed E-state index contributed by atoms with van der Waals surface area (Å²) < 4.78 is 69.0. The summed E-state index contributed by atoms with van der Waals surface area (Å²) in [5, 5.41) is 25.3. The fourth-order valence-corrected chi connectivity index (χ4v) is 5.70. The molecule has 0 spiro atoms. The van der Waals surface area contributed by atoms with Crippen LogP contribution in [0.3, 0.4) is 0 Å². The second-order valence-corrected chi connectivity index (χ2v) is 12.4. The molecule has 0 aliphatic rings. The molecule has 17 heteroatoms. The number of aromatic nitrogens is 4. The largest absolute Gasteiger partial charge is 0.487 e. The number of alkyl halides is 3. The Labute approximate surface area is 241 Å². The summed E-state index contributed by atoms with van der Waals surface area (Å²) >= 11 is 0.896. The van der Waals surface area contributed by atoms with Gasteiger partial charge in [0, 0.05) is 6.42 Å². The molecule has 4 N–H and O–H groups in total. The van der Waals surface area contributed by atoms with Gasteiger partial charge in [-0.2, -0.15) is 13.2 Å². The number of carbonyl (C=O) groups is 2. The van der Waals surface area contributed by atoms with Crippen molar-refractivity contribution in [2.75, 3.05) is 0 Å². The standard InChI is InChI=1S/C25H25F3N6O6S2/c1-13(2)21(22(35)30-19(23(36)37)9-14-3-5-15(6-4-14)25(26,27)28)34-11-16(32-33-34)12-40-17-7-8-18-20(10-17)41-24(31-18)42(29,38)39/h3-8,10-11,13,19,21H,9,12H2,1-2H3,(H,30,35)(H,36,37)(H2,29,38,39)/t19?,21-/m0/s1. The van der Waals surface area contributed by atoms with E-state index in [-0.39, 0.29) is 23.3 Å². The second-order valence-electron chi connectivity index (χ2n) is 9.62. The Hall–Kier alpha value is -4.09. The third-order valence-corrected chi connectivity index (χ3v) is 8.39. The number of nitrogens with two attached hydrogens (primary N) is 1. The summed E-state index contributed by atoms with van der Waals surface area (Å²) in [5.41, 5.74) is 0.219. The van der Waals surface area contributed by atoms with E-state index in [1.807, 2.05) is 0 Å². The number of nitrogens with one attached hydrogen (secondary N) is 1. The van der Waals surface area contributed by atoms with Gasteiger partial charge in [0.25, 0.3) is 10.0 Å². The first-order chi connectivity index (χ1) is 19.6. The highest BCUT2D eigenvalue weighted by Gasteiger charge is 2.32. The van der Waals surface area contributed by atoms with Crippen molar-refractivity contribution in [3.8, 4) is 5.75 Å². The maximum atomic E-state index is 13.2. The van der Waals surface area contributed by atoms with Gasteiger partial charge in [-0.25, -0.2) is 28.0 Å². The molecule has 1 amide bonds. The first kappa shape index (κ1) is 30.9. The quantitative estimate of drug-likeness (QED) is 0.225. The van der Waals surface area contributed by atoms with Crippen molar-refractivity contribution in [3.63, 3.8) is 0 Å². The lowest BCUT2D eigenvalue weighted by molar-refractivity contribution is -0.142. The van der Waals surface area contributed by atoms with Gasteiger partial charge in [0.15, 0.2) is 0 Å². The molecule has 2 atom stereocenters. The molecule has 2 heterocycles. The number of sulfonamides is 1. The van der Waals surface area contributed by atoms with Gasteiger partial charge in [-0.15, -0.1) is 16.4 Å². The predicted octanol–water partition coefficient (Wildman–Crippen LogP) is 3.14. The van der Waals surface area contributed by atoms with Crippen LogP contribution in [0.25, 0.3) is 10.2 Å². The molecule has 42 heavy (non-hydrogen) atoms. The zero-order valence-corrected chi connectivity index (χ0v) is 23.7. The molecule has 1 unspecified atom stereocenters. The van der Waals surface area contributed by atoms with E-state index in [1.165, 1.54) is 23.0 Å². The Bertz CT molecular complexity index is 1700. The lowest BCUT2D eigenvalue weighted by atomic mass is 10.0. The number of aliphatic carboxylic acids is 1. The highest BCUT2D eigenvalue weighted by Crippen LogP contribution is 2.30. The number of carbonyl (C=O) groups excluding carboxylic acids is 1. The Morgan fingerprint density at radius 2 is 1.86 bits per heavy atom. The lowest BCUT2D eigenvalue weighted by Crippen LogP contribution is -2.46. The number of fused-ring (bicyclic) bond motifs is 1. The van der Waals surface area contributed by atoms with Crippen LogP contribution >= 0.6 is 11.3 Å².